The molecule has 2 atom stereocenters. The highest BCUT2D eigenvalue weighted by Gasteiger charge is 2.36. The predicted molar refractivity (Wildman–Crippen MR) is 125 cm³/mol. The van der Waals surface area contributed by atoms with Crippen LogP contribution < -0.4 is 10.3 Å². The lowest BCUT2D eigenvalue weighted by atomic mass is 9.78. The number of hydrogen-bond donors (Lipinski definition) is 1. The van der Waals surface area contributed by atoms with Crippen molar-refractivity contribution >= 4 is 10.0 Å². The van der Waals surface area contributed by atoms with E-state index in [4.69, 9.17) is 0 Å². The zero-order valence-electron chi connectivity index (χ0n) is 18.1. The number of nitrogens with zero attached hydrogens (tertiary/aromatic N) is 2. The number of fused-ring (bicyclic) bond motifs is 1. The highest BCUT2D eigenvalue weighted by atomic mass is 32.2. The molecule has 0 spiro atoms. The summed E-state index contributed by atoms with van der Waals surface area (Å²) in [4.78, 5) is 18.1. The molecule has 7 heteroatoms. The normalized spacial score (nSPS) is 20.7. The maximum atomic E-state index is 13.4. The molecule has 0 amide bonds. The second-order valence-electron chi connectivity index (χ2n) is 8.96. The number of benzene rings is 2. The van der Waals surface area contributed by atoms with Gasteiger partial charge < -0.3 is 0 Å². The monoisotopic (exact) mass is 449 g/mol. The van der Waals surface area contributed by atoms with Crippen molar-refractivity contribution in [2.24, 2.45) is 0 Å². The Balaban J connectivity index is 1.55. The first-order chi connectivity index (χ1) is 15.4. The molecule has 5 rings (SSSR count). The molecule has 1 N–H and O–H groups in total. The molecule has 1 heterocycles. The van der Waals surface area contributed by atoms with Gasteiger partial charge in [-0.3, -0.25) is 9.36 Å². The van der Waals surface area contributed by atoms with Gasteiger partial charge in [0.1, 0.15) is 0 Å². The molecule has 0 unspecified atom stereocenters. The molecule has 2 aromatic carbocycles. The molecule has 2 aliphatic carbocycles. The van der Waals surface area contributed by atoms with Crippen molar-refractivity contribution in [2.45, 2.75) is 50.1 Å². The maximum absolute atomic E-state index is 13.4. The zero-order valence-corrected chi connectivity index (χ0v) is 18.9. The van der Waals surface area contributed by atoms with Crippen LogP contribution >= 0.6 is 0 Å². The van der Waals surface area contributed by atoms with Crippen LogP contribution in [-0.4, -0.2) is 30.3 Å². The topological polar surface area (TPSA) is 81.1 Å². The Kier molecular flexibility index (Phi) is 5.47. The number of hydrogen-bond acceptors (Lipinski definition) is 4. The quantitative estimate of drug-likeness (QED) is 0.625. The first kappa shape index (κ1) is 21.1. The molecular weight excluding hydrogens is 422 g/mol. The van der Waals surface area contributed by atoms with Gasteiger partial charge in [0, 0.05) is 23.6 Å². The molecule has 2 aliphatic rings. The summed E-state index contributed by atoms with van der Waals surface area (Å²) in [5.74, 6) is -0.259. The Morgan fingerprint density at radius 3 is 2.50 bits per heavy atom. The van der Waals surface area contributed by atoms with Gasteiger partial charge in [0.15, 0.2) is 0 Å². The van der Waals surface area contributed by atoms with E-state index < -0.39 is 10.0 Å². The third-order valence-electron chi connectivity index (χ3n) is 6.46. The van der Waals surface area contributed by atoms with Gasteiger partial charge >= 0.3 is 0 Å². The van der Waals surface area contributed by atoms with Gasteiger partial charge in [-0.2, -0.15) is 0 Å². The van der Waals surface area contributed by atoms with Gasteiger partial charge in [-0.15, -0.1) is 0 Å². The van der Waals surface area contributed by atoms with Gasteiger partial charge in [0.2, 0.25) is 10.0 Å². The summed E-state index contributed by atoms with van der Waals surface area (Å²) in [6, 6.07) is 18.3. The van der Waals surface area contributed by atoms with Crippen LogP contribution in [0.15, 0.2) is 65.7 Å². The summed E-state index contributed by atoms with van der Waals surface area (Å²) in [7, 11) is -3.41. The fourth-order valence-electron chi connectivity index (χ4n) is 4.82. The number of aromatic nitrogens is 2. The SMILES string of the molecule is CS(=O)(=O)N[C@H]1CCc2ncn(C3CC3)c(=O)c2[C@H]1Cc1cccc(-c2ccccc2)c1. The summed E-state index contributed by atoms with van der Waals surface area (Å²) in [6.45, 7) is 0. The summed E-state index contributed by atoms with van der Waals surface area (Å²) < 4.78 is 28.8. The molecule has 6 nitrogen and oxygen atoms in total. The molecule has 0 radical (unpaired) electrons. The lowest BCUT2D eigenvalue weighted by Gasteiger charge is -2.33. The summed E-state index contributed by atoms with van der Waals surface area (Å²) in [5, 5.41) is 0. The van der Waals surface area contributed by atoms with Gasteiger partial charge in [-0.1, -0.05) is 54.6 Å². The Bertz CT molecular complexity index is 1300. The van der Waals surface area contributed by atoms with Crippen LogP contribution in [-0.2, 0) is 22.9 Å². The van der Waals surface area contributed by atoms with Crippen LogP contribution in [0.25, 0.3) is 11.1 Å². The third-order valence-corrected chi connectivity index (χ3v) is 7.19. The van der Waals surface area contributed by atoms with E-state index in [1.807, 2.05) is 30.3 Å². The standard InChI is InChI=1S/C25H27N3O3S/c1-32(30,31)27-22-12-13-23-24(25(29)28(16-26-23)20-10-11-20)21(22)15-17-6-5-9-19(14-17)18-7-3-2-4-8-18/h2-9,14,16,20-22,27H,10-13,15H2,1H3/t21-,22-/m0/s1. The molecule has 1 saturated carbocycles. The van der Waals surface area contributed by atoms with E-state index in [0.29, 0.717) is 24.8 Å². The minimum Gasteiger partial charge on any atom is -0.296 e. The highest BCUT2D eigenvalue weighted by Crippen LogP contribution is 2.36. The lowest BCUT2D eigenvalue weighted by Crippen LogP contribution is -2.45. The fraction of sp³-hybridized carbons (Fsp3) is 0.360. The van der Waals surface area contributed by atoms with Crippen molar-refractivity contribution in [1.29, 1.82) is 0 Å². The molecule has 0 saturated heterocycles. The van der Waals surface area contributed by atoms with Gasteiger partial charge in [-0.25, -0.2) is 18.1 Å². The maximum Gasteiger partial charge on any atom is 0.257 e. The first-order valence-corrected chi connectivity index (χ1v) is 13.0. The Morgan fingerprint density at radius 2 is 1.78 bits per heavy atom. The number of nitrogens with one attached hydrogen (secondary N) is 1. The summed E-state index contributed by atoms with van der Waals surface area (Å²) >= 11 is 0. The van der Waals surface area contributed by atoms with Crippen molar-refractivity contribution in [3.05, 3.63) is 88.1 Å². The van der Waals surface area contributed by atoms with E-state index in [2.05, 4.69) is 34.0 Å². The molecule has 0 aliphatic heterocycles. The molecule has 1 aromatic heterocycles. The van der Waals surface area contributed by atoms with E-state index >= 15 is 0 Å². The van der Waals surface area contributed by atoms with Gasteiger partial charge in [0.25, 0.3) is 5.56 Å². The van der Waals surface area contributed by atoms with Crippen LogP contribution in [0.5, 0.6) is 0 Å². The fourth-order valence-corrected chi connectivity index (χ4v) is 5.65. The largest absolute Gasteiger partial charge is 0.296 e. The van der Waals surface area contributed by atoms with E-state index in [0.717, 1.165) is 35.2 Å². The molecule has 3 aromatic rings. The Hall–Kier alpha value is -2.77. The average Bonchev–Trinajstić information content (AvgIpc) is 3.61. The summed E-state index contributed by atoms with van der Waals surface area (Å²) in [6.07, 6.45) is 6.65. The van der Waals surface area contributed by atoms with E-state index in [1.54, 1.807) is 10.9 Å². The van der Waals surface area contributed by atoms with Crippen molar-refractivity contribution in [3.8, 4) is 11.1 Å². The molecule has 1 fully saturated rings. The predicted octanol–water partition coefficient (Wildman–Crippen LogP) is 3.44. The van der Waals surface area contributed by atoms with Gasteiger partial charge in [-0.05, 0) is 48.8 Å². The Morgan fingerprint density at radius 1 is 1.03 bits per heavy atom. The highest BCUT2D eigenvalue weighted by molar-refractivity contribution is 7.88. The average molecular weight is 450 g/mol. The van der Waals surface area contributed by atoms with Crippen molar-refractivity contribution in [2.75, 3.05) is 6.26 Å². The first-order valence-electron chi connectivity index (χ1n) is 11.1. The molecule has 32 heavy (non-hydrogen) atoms. The summed E-state index contributed by atoms with van der Waals surface area (Å²) in [5.41, 5.74) is 4.78. The second-order valence-corrected chi connectivity index (χ2v) is 10.7. The minimum absolute atomic E-state index is 0.0123. The molecule has 166 valence electrons. The van der Waals surface area contributed by atoms with E-state index in [9.17, 15) is 13.2 Å². The van der Waals surface area contributed by atoms with E-state index in [1.165, 1.54) is 6.26 Å². The van der Waals surface area contributed by atoms with Crippen LogP contribution in [0, 0.1) is 0 Å². The van der Waals surface area contributed by atoms with Crippen LogP contribution in [0.3, 0.4) is 0 Å². The van der Waals surface area contributed by atoms with Crippen LogP contribution in [0.2, 0.25) is 0 Å². The number of sulfonamides is 1. The number of rotatable bonds is 6. The van der Waals surface area contributed by atoms with Crippen LogP contribution in [0.1, 0.15) is 48.0 Å². The zero-order chi connectivity index (χ0) is 22.3. The van der Waals surface area contributed by atoms with E-state index in [-0.39, 0.29) is 23.6 Å². The van der Waals surface area contributed by atoms with Crippen molar-refractivity contribution < 1.29 is 8.42 Å². The van der Waals surface area contributed by atoms with Crippen LogP contribution in [0.4, 0.5) is 0 Å². The van der Waals surface area contributed by atoms with Crippen molar-refractivity contribution in [1.82, 2.24) is 14.3 Å². The molecular formula is C25H27N3O3S. The minimum atomic E-state index is -3.41. The third kappa shape index (κ3) is 4.40. The lowest BCUT2D eigenvalue weighted by molar-refractivity contribution is 0.417. The second kappa shape index (κ2) is 8.30. The number of aryl methyl sites for hydroxylation is 1. The van der Waals surface area contributed by atoms with Crippen molar-refractivity contribution in [3.63, 3.8) is 0 Å². The molecule has 0 bridgehead atoms. The smallest absolute Gasteiger partial charge is 0.257 e. The Labute approximate surface area is 188 Å². The van der Waals surface area contributed by atoms with Gasteiger partial charge in [0.05, 0.1) is 18.3 Å².